The Bertz CT molecular complexity index is 831. The van der Waals surface area contributed by atoms with Gasteiger partial charge in [0, 0.05) is 18.7 Å². The molecule has 27 heavy (non-hydrogen) atoms. The normalized spacial score (nSPS) is 10.6. The summed E-state index contributed by atoms with van der Waals surface area (Å²) in [5.74, 6) is 0.779. The second-order valence-corrected chi connectivity index (χ2v) is 7.32. The van der Waals surface area contributed by atoms with Gasteiger partial charge in [0.15, 0.2) is 0 Å². The van der Waals surface area contributed by atoms with Gasteiger partial charge in [-0.2, -0.15) is 5.26 Å². The van der Waals surface area contributed by atoms with Crippen LogP contribution in [0.2, 0.25) is 0 Å². The van der Waals surface area contributed by atoms with Crippen LogP contribution < -0.4 is 5.32 Å². The highest BCUT2D eigenvalue weighted by Gasteiger charge is 2.15. The zero-order chi connectivity index (χ0) is 19.6. The highest BCUT2D eigenvalue weighted by Crippen LogP contribution is 2.26. The van der Waals surface area contributed by atoms with Gasteiger partial charge in [0.05, 0.1) is 5.69 Å². The minimum Gasteiger partial charge on any atom is -0.356 e. The third-order valence-corrected chi connectivity index (χ3v) is 5.08. The van der Waals surface area contributed by atoms with Gasteiger partial charge in [0.1, 0.15) is 16.3 Å². The zero-order valence-corrected chi connectivity index (χ0v) is 17.5. The van der Waals surface area contributed by atoms with Gasteiger partial charge in [-0.1, -0.05) is 81.6 Å². The van der Waals surface area contributed by atoms with Crippen LogP contribution in [0.3, 0.4) is 0 Å². The summed E-state index contributed by atoms with van der Waals surface area (Å²) in [5.41, 5.74) is 3.27. The topological polar surface area (TPSA) is 53.6 Å². The molecule has 0 fully saturated rings. The van der Waals surface area contributed by atoms with Crippen molar-refractivity contribution >= 4 is 18.2 Å². The number of benzene rings is 1. The van der Waals surface area contributed by atoms with Crippen molar-refractivity contribution < 1.29 is 0 Å². The number of aryl methyl sites for hydroxylation is 1. The summed E-state index contributed by atoms with van der Waals surface area (Å²) in [6.07, 6.45) is 6.78. The van der Waals surface area contributed by atoms with E-state index in [4.69, 9.17) is 17.2 Å². The van der Waals surface area contributed by atoms with Crippen LogP contribution in [0.25, 0.3) is 11.3 Å². The molecule has 0 radical (unpaired) electrons. The number of hydrogen-bond donors (Lipinski definition) is 1. The van der Waals surface area contributed by atoms with Crippen LogP contribution in [0.15, 0.2) is 24.3 Å². The van der Waals surface area contributed by atoms with E-state index < -0.39 is 0 Å². The van der Waals surface area contributed by atoms with E-state index in [9.17, 15) is 5.26 Å². The smallest absolute Gasteiger partial charge is 0.204 e. The molecule has 1 heterocycles. The lowest BCUT2D eigenvalue weighted by atomic mass is 10.1. The summed E-state index contributed by atoms with van der Waals surface area (Å²) in [4.78, 5) is 4.84. The number of nitrogens with one attached hydrogen (secondary N) is 1. The average Bonchev–Trinajstić information content (AvgIpc) is 2.67. The molecule has 0 atom stereocenters. The zero-order valence-electron chi connectivity index (χ0n) is 16.7. The van der Waals surface area contributed by atoms with Gasteiger partial charge in [-0.3, -0.25) is 0 Å². The maximum atomic E-state index is 9.76. The van der Waals surface area contributed by atoms with E-state index in [1.54, 1.807) is 0 Å². The van der Waals surface area contributed by atoms with Gasteiger partial charge in [-0.05, 0) is 19.8 Å². The highest BCUT2D eigenvalue weighted by molar-refractivity contribution is 7.71. The van der Waals surface area contributed by atoms with Crippen LogP contribution in [-0.4, -0.2) is 16.1 Å². The van der Waals surface area contributed by atoms with E-state index in [0.717, 1.165) is 50.3 Å². The van der Waals surface area contributed by atoms with Crippen LogP contribution >= 0.6 is 12.2 Å². The minimum absolute atomic E-state index is 0.490. The molecule has 1 aromatic heterocycles. The Morgan fingerprint density at radius 3 is 2.37 bits per heavy atom. The van der Waals surface area contributed by atoms with Gasteiger partial charge in [0.2, 0.25) is 5.95 Å². The Labute approximate surface area is 168 Å². The third kappa shape index (κ3) is 5.64. The van der Waals surface area contributed by atoms with Crippen molar-refractivity contribution in [1.29, 1.82) is 5.26 Å². The summed E-state index contributed by atoms with van der Waals surface area (Å²) >= 11 is 5.70. The van der Waals surface area contributed by atoms with E-state index in [1.165, 1.54) is 18.4 Å². The molecule has 0 aliphatic carbocycles. The Kier molecular flexibility index (Phi) is 8.47. The van der Waals surface area contributed by atoms with Crippen molar-refractivity contribution in [2.75, 3.05) is 11.9 Å². The number of aromatic nitrogens is 2. The number of rotatable bonds is 10. The summed E-state index contributed by atoms with van der Waals surface area (Å²) in [5, 5.41) is 13.2. The molecule has 0 saturated carbocycles. The first-order valence-electron chi connectivity index (χ1n) is 9.98. The van der Waals surface area contributed by atoms with Gasteiger partial charge in [-0.15, -0.1) is 0 Å². The van der Waals surface area contributed by atoms with E-state index in [1.807, 2.05) is 35.8 Å². The van der Waals surface area contributed by atoms with E-state index >= 15 is 0 Å². The maximum absolute atomic E-state index is 9.76. The standard InChI is InChI=1S/C22H30N4S/c1-4-6-8-14-24-22-25-20(18-12-10-17(3)11-13-18)19(16-23)21(27)26(22)15-9-7-5-2/h10-13H,4-9,14-15H2,1-3H3,(H,24,25). The molecule has 1 aromatic carbocycles. The minimum atomic E-state index is 0.490. The van der Waals surface area contributed by atoms with Gasteiger partial charge in [-0.25, -0.2) is 4.98 Å². The average molecular weight is 383 g/mol. The summed E-state index contributed by atoms with van der Waals surface area (Å²) in [6.45, 7) is 8.08. The molecular formula is C22H30N4S. The predicted octanol–water partition coefficient (Wildman–Crippen LogP) is 6.25. The van der Waals surface area contributed by atoms with E-state index in [2.05, 4.69) is 25.2 Å². The first-order valence-corrected chi connectivity index (χ1v) is 10.4. The van der Waals surface area contributed by atoms with Crippen molar-refractivity contribution in [2.45, 2.75) is 65.8 Å². The Morgan fingerprint density at radius 1 is 1.07 bits per heavy atom. The lowest BCUT2D eigenvalue weighted by Crippen LogP contribution is -2.16. The second-order valence-electron chi connectivity index (χ2n) is 6.93. The van der Waals surface area contributed by atoms with Crippen LogP contribution in [0.4, 0.5) is 5.95 Å². The molecule has 0 spiro atoms. The van der Waals surface area contributed by atoms with Gasteiger partial charge < -0.3 is 9.88 Å². The fourth-order valence-electron chi connectivity index (χ4n) is 3.01. The lowest BCUT2D eigenvalue weighted by molar-refractivity contribution is 0.590. The number of nitriles is 1. The molecule has 0 saturated heterocycles. The van der Waals surface area contributed by atoms with Crippen molar-refractivity contribution in [1.82, 2.24) is 9.55 Å². The Balaban J connectivity index is 2.47. The van der Waals surface area contributed by atoms with E-state index in [0.29, 0.717) is 15.9 Å². The van der Waals surface area contributed by atoms with Crippen molar-refractivity contribution in [2.24, 2.45) is 0 Å². The fourth-order valence-corrected chi connectivity index (χ4v) is 3.33. The molecule has 0 aliphatic heterocycles. The first-order chi connectivity index (χ1) is 13.1. The summed E-state index contributed by atoms with van der Waals surface area (Å²) in [6, 6.07) is 10.4. The highest BCUT2D eigenvalue weighted by atomic mass is 32.1. The number of nitrogens with zero attached hydrogens (tertiary/aromatic N) is 3. The summed E-state index contributed by atoms with van der Waals surface area (Å²) < 4.78 is 2.59. The molecule has 144 valence electrons. The second kappa shape index (κ2) is 10.8. The first kappa shape index (κ1) is 21.1. The molecule has 0 bridgehead atoms. The molecule has 1 N–H and O–H groups in total. The Morgan fingerprint density at radius 2 is 1.74 bits per heavy atom. The fraction of sp³-hybridized carbons (Fsp3) is 0.500. The molecule has 0 unspecified atom stereocenters. The lowest BCUT2D eigenvalue weighted by Gasteiger charge is -2.17. The van der Waals surface area contributed by atoms with Crippen LogP contribution in [-0.2, 0) is 6.54 Å². The molecule has 4 nitrogen and oxygen atoms in total. The molecular weight excluding hydrogens is 352 g/mol. The van der Waals surface area contributed by atoms with Gasteiger partial charge >= 0.3 is 0 Å². The molecule has 5 heteroatoms. The van der Waals surface area contributed by atoms with Crippen molar-refractivity contribution in [3.05, 3.63) is 40.0 Å². The largest absolute Gasteiger partial charge is 0.356 e. The SMILES string of the molecule is CCCCCNc1nc(-c2ccc(C)cc2)c(C#N)c(=S)n1CCCCC. The number of unbranched alkanes of at least 4 members (excludes halogenated alkanes) is 4. The van der Waals surface area contributed by atoms with Gasteiger partial charge in [0.25, 0.3) is 0 Å². The van der Waals surface area contributed by atoms with Crippen molar-refractivity contribution in [3.63, 3.8) is 0 Å². The monoisotopic (exact) mass is 382 g/mol. The summed E-state index contributed by atoms with van der Waals surface area (Å²) in [7, 11) is 0. The quantitative estimate of drug-likeness (QED) is 0.390. The third-order valence-electron chi connectivity index (χ3n) is 4.65. The van der Waals surface area contributed by atoms with Crippen LogP contribution in [0, 0.1) is 22.9 Å². The Hall–Kier alpha value is -2.19. The maximum Gasteiger partial charge on any atom is 0.204 e. The molecule has 2 aromatic rings. The number of hydrogen-bond acceptors (Lipinski definition) is 4. The molecule has 0 amide bonds. The number of anilines is 1. The van der Waals surface area contributed by atoms with Crippen LogP contribution in [0.5, 0.6) is 0 Å². The van der Waals surface area contributed by atoms with Crippen LogP contribution in [0.1, 0.15) is 63.5 Å². The van der Waals surface area contributed by atoms with Crippen molar-refractivity contribution in [3.8, 4) is 17.3 Å². The molecule has 2 rings (SSSR count). The van der Waals surface area contributed by atoms with E-state index in [-0.39, 0.29) is 0 Å². The molecule has 0 aliphatic rings. The predicted molar refractivity (Wildman–Crippen MR) is 115 cm³/mol.